The minimum atomic E-state index is -3.34. The summed E-state index contributed by atoms with van der Waals surface area (Å²) in [7, 11) is -3.34. The van der Waals surface area contributed by atoms with E-state index in [1.165, 1.54) is 16.7 Å². The molecule has 152 valence electrons. The van der Waals surface area contributed by atoms with Crippen LogP contribution in [0.3, 0.4) is 0 Å². The molecule has 4 rings (SSSR count). The molecule has 2 saturated heterocycles. The monoisotopic (exact) mass is 408 g/mol. The van der Waals surface area contributed by atoms with Crippen molar-refractivity contribution in [2.75, 3.05) is 19.0 Å². The molecule has 2 aliphatic heterocycles. The van der Waals surface area contributed by atoms with Crippen LogP contribution in [0.5, 0.6) is 0 Å². The predicted molar refractivity (Wildman–Crippen MR) is 102 cm³/mol. The Hall–Kier alpha value is -1.84. The fourth-order valence-electron chi connectivity index (χ4n) is 4.31. The maximum absolute atomic E-state index is 15.1. The molecule has 0 radical (unpaired) electrons. The summed E-state index contributed by atoms with van der Waals surface area (Å²) in [6.45, 7) is 3.07. The smallest absolute Gasteiger partial charge is 0.214 e. The summed E-state index contributed by atoms with van der Waals surface area (Å²) < 4.78 is 46.8. The second kappa shape index (κ2) is 7.53. The number of benzene rings is 1. The van der Waals surface area contributed by atoms with Gasteiger partial charge in [-0.25, -0.2) is 12.8 Å². The van der Waals surface area contributed by atoms with E-state index < -0.39 is 21.3 Å². The lowest BCUT2D eigenvalue weighted by atomic mass is 9.73. The first-order valence-corrected chi connectivity index (χ1v) is 11.3. The largest absolute Gasteiger partial charge is 0.381 e. The van der Waals surface area contributed by atoms with Crippen molar-refractivity contribution >= 4 is 10.0 Å². The molecule has 28 heavy (non-hydrogen) atoms. The third-order valence-electron chi connectivity index (χ3n) is 6.02. The van der Waals surface area contributed by atoms with Gasteiger partial charge in [0, 0.05) is 31.4 Å². The molecule has 0 aliphatic carbocycles. The minimum Gasteiger partial charge on any atom is -0.381 e. The Labute approximate surface area is 164 Å². The number of aromatic amines is 1. The van der Waals surface area contributed by atoms with Crippen molar-refractivity contribution in [3.8, 4) is 0 Å². The molecule has 9 heteroatoms. The van der Waals surface area contributed by atoms with Crippen LogP contribution in [-0.4, -0.2) is 52.9 Å². The van der Waals surface area contributed by atoms with Gasteiger partial charge in [0.2, 0.25) is 10.0 Å². The number of rotatable bonds is 4. The number of nitrogens with zero attached hydrogens (tertiary/aromatic N) is 3. The molecule has 2 aromatic rings. The quantitative estimate of drug-likeness (QED) is 0.839. The summed E-state index contributed by atoms with van der Waals surface area (Å²) >= 11 is 0. The molecule has 0 amide bonds. The van der Waals surface area contributed by atoms with Gasteiger partial charge in [-0.2, -0.15) is 4.31 Å². The average Bonchev–Trinajstić information content (AvgIpc) is 3.21. The lowest BCUT2D eigenvalue weighted by Crippen LogP contribution is -2.43. The van der Waals surface area contributed by atoms with Gasteiger partial charge in [0.25, 0.3) is 0 Å². The van der Waals surface area contributed by atoms with Gasteiger partial charge < -0.3 is 9.72 Å². The molecule has 1 aromatic carbocycles. The topological polar surface area (TPSA) is 88.2 Å². The molecule has 1 N–H and O–H groups in total. The zero-order chi connectivity index (χ0) is 19.8. The summed E-state index contributed by atoms with van der Waals surface area (Å²) in [5.41, 5.74) is 0.725. The number of ether oxygens (including phenoxy) is 1. The van der Waals surface area contributed by atoms with Gasteiger partial charge in [0.05, 0.1) is 11.2 Å². The zero-order valence-electron chi connectivity index (χ0n) is 15.9. The number of hydrogen-bond donors (Lipinski definition) is 1. The standard InChI is InChI=1S/C19H25FN4O3S/c1-14-3-2-10-28(25,26)24(14)12-15-4-5-16(11-17(15)20)19(6-8-27-9-7-19)18-21-13-22-23-18/h4-5,11,13-14H,2-3,6-10,12H2,1H3,(H,21,22,23)/t14-/m0/s1. The summed E-state index contributed by atoms with van der Waals surface area (Å²) in [6, 6.07) is 4.99. The Balaban J connectivity index is 1.66. The summed E-state index contributed by atoms with van der Waals surface area (Å²) in [5, 5.41) is 8.09. The highest BCUT2D eigenvalue weighted by atomic mass is 32.2. The van der Waals surface area contributed by atoms with Crippen molar-refractivity contribution in [1.82, 2.24) is 19.5 Å². The molecule has 2 aliphatic rings. The van der Waals surface area contributed by atoms with Crippen LogP contribution in [0.4, 0.5) is 4.39 Å². The van der Waals surface area contributed by atoms with Gasteiger partial charge in [0.1, 0.15) is 18.0 Å². The Morgan fingerprint density at radius 3 is 2.79 bits per heavy atom. The van der Waals surface area contributed by atoms with Crippen LogP contribution in [0.25, 0.3) is 0 Å². The van der Waals surface area contributed by atoms with Crippen molar-refractivity contribution < 1.29 is 17.5 Å². The van der Waals surface area contributed by atoms with Gasteiger partial charge in [-0.3, -0.25) is 0 Å². The molecule has 1 aromatic heterocycles. The molecular formula is C19H25FN4O3S. The second-order valence-electron chi connectivity index (χ2n) is 7.69. The fraction of sp³-hybridized carbons (Fsp3) is 0.579. The van der Waals surface area contributed by atoms with E-state index in [4.69, 9.17) is 4.74 Å². The first-order valence-electron chi connectivity index (χ1n) is 9.65. The van der Waals surface area contributed by atoms with Crippen LogP contribution in [0.1, 0.15) is 49.6 Å². The van der Waals surface area contributed by atoms with E-state index in [9.17, 15) is 8.42 Å². The third kappa shape index (κ3) is 3.46. The number of sulfonamides is 1. The van der Waals surface area contributed by atoms with Crippen molar-refractivity contribution in [3.05, 3.63) is 47.3 Å². The Morgan fingerprint density at radius 1 is 1.36 bits per heavy atom. The van der Waals surface area contributed by atoms with E-state index in [1.54, 1.807) is 6.07 Å². The maximum Gasteiger partial charge on any atom is 0.214 e. The van der Waals surface area contributed by atoms with E-state index >= 15 is 4.39 Å². The highest BCUT2D eigenvalue weighted by Gasteiger charge is 2.40. The summed E-state index contributed by atoms with van der Waals surface area (Å²) in [4.78, 5) is 3.07. The van der Waals surface area contributed by atoms with Gasteiger partial charge in [-0.15, -0.1) is 10.2 Å². The van der Waals surface area contributed by atoms with Gasteiger partial charge in [-0.1, -0.05) is 12.1 Å². The number of hydrogen-bond acceptors (Lipinski definition) is 5. The molecule has 3 heterocycles. The van der Waals surface area contributed by atoms with Crippen LogP contribution in [-0.2, 0) is 26.7 Å². The average molecular weight is 408 g/mol. The molecule has 1 atom stereocenters. The number of nitrogens with one attached hydrogen (secondary N) is 1. The van der Waals surface area contributed by atoms with E-state index in [2.05, 4.69) is 15.2 Å². The lowest BCUT2D eigenvalue weighted by molar-refractivity contribution is 0.0604. The van der Waals surface area contributed by atoms with Gasteiger partial charge in [0.15, 0.2) is 0 Å². The minimum absolute atomic E-state index is 0.0635. The fourth-order valence-corrected chi connectivity index (χ4v) is 6.07. The van der Waals surface area contributed by atoms with Crippen LogP contribution in [0.2, 0.25) is 0 Å². The summed E-state index contributed by atoms with van der Waals surface area (Å²) in [5.74, 6) is 0.442. The zero-order valence-corrected chi connectivity index (χ0v) is 16.7. The molecule has 0 bridgehead atoms. The Kier molecular flexibility index (Phi) is 5.24. The number of halogens is 1. The highest BCUT2D eigenvalue weighted by molar-refractivity contribution is 7.89. The molecule has 2 fully saturated rings. The summed E-state index contributed by atoms with van der Waals surface area (Å²) in [6.07, 6.45) is 4.34. The molecular weight excluding hydrogens is 383 g/mol. The lowest BCUT2D eigenvalue weighted by Gasteiger charge is -2.36. The maximum atomic E-state index is 15.1. The van der Waals surface area contributed by atoms with E-state index in [0.29, 0.717) is 43.9 Å². The van der Waals surface area contributed by atoms with Crippen molar-refractivity contribution in [2.45, 2.75) is 50.6 Å². The first-order chi connectivity index (χ1) is 13.4. The second-order valence-corrected chi connectivity index (χ2v) is 9.73. The van der Waals surface area contributed by atoms with Crippen LogP contribution in [0.15, 0.2) is 24.5 Å². The van der Waals surface area contributed by atoms with E-state index in [1.807, 2.05) is 13.0 Å². The Morgan fingerprint density at radius 2 is 2.14 bits per heavy atom. The van der Waals surface area contributed by atoms with Crippen LogP contribution in [0, 0.1) is 5.82 Å². The SMILES string of the molecule is C[C@H]1CCCS(=O)(=O)N1Cc1ccc(C2(c3nnc[nH]3)CCOCC2)cc1F. The Bertz CT molecular complexity index is 927. The normalized spacial score (nSPS) is 24.9. The van der Waals surface area contributed by atoms with Crippen molar-refractivity contribution in [2.24, 2.45) is 0 Å². The van der Waals surface area contributed by atoms with Gasteiger partial charge in [-0.05, 0) is 44.2 Å². The molecule has 7 nitrogen and oxygen atoms in total. The van der Waals surface area contributed by atoms with Gasteiger partial charge >= 0.3 is 0 Å². The highest BCUT2D eigenvalue weighted by Crippen LogP contribution is 2.40. The molecule has 0 saturated carbocycles. The first kappa shape index (κ1) is 19.5. The van der Waals surface area contributed by atoms with Crippen molar-refractivity contribution in [1.29, 1.82) is 0 Å². The number of aromatic nitrogens is 3. The van der Waals surface area contributed by atoms with Crippen LogP contribution >= 0.6 is 0 Å². The predicted octanol–water partition coefficient (Wildman–Crippen LogP) is 2.35. The molecule has 0 spiro atoms. The van der Waals surface area contributed by atoms with Crippen LogP contribution < -0.4 is 0 Å². The molecule has 0 unspecified atom stereocenters. The number of H-pyrrole nitrogens is 1. The van der Waals surface area contributed by atoms with Crippen molar-refractivity contribution in [3.63, 3.8) is 0 Å². The van der Waals surface area contributed by atoms with E-state index in [0.717, 1.165) is 12.0 Å². The third-order valence-corrected chi connectivity index (χ3v) is 8.03. The van der Waals surface area contributed by atoms with E-state index in [-0.39, 0.29) is 18.3 Å².